The number of anilines is 2. The molecular weight excluding hydrogens is 421 g/mol. The molecule has 170 valence electrons. The molecule has 3 aromatic rings. The molecule has 0 N–H and O–H groups in total. The number of halogens is 3. The van der Waals surface area contributed by atoms with Gasteiger partial charge < -0.3 is 9.80 Å². The number of hydrogen-bond acceptors (Lipinski definition) is 7. The second-order valence-corrected chi connectivity index (χ2v) is 9.86. The van der Waals surface area contributed by atoms with Crippen molar-refractivity contribution in [2.24, 2.45) is 5.41 Å². The summed E-state index contributed by atoms with van der Waals surface area (Å²) in [5, 5.41) is 5.36. The molecule has 0 bridgehead atoms. The Hall–Kier alpha value is -2.98. The number of nitrogens with zero attached hydrogens (tertiary/aromatic N) is 8. The number of aromatic nitrogens is 6. The Bertz CT molecular complexity index is 1170. The molecule has 0 unspecified atom stereocenters. The largest absolute Gasteiger partial charge is 0.433 e. The van der Waals surface area contributed by atoms with Crippen molar-refractivity contribution in [2.75, 3.05) is 36.0 Å². The molecule has 3 aromatic heterocycles. The van der Waals surface area contributed by atoms with E-state index in [0.29, 0.717) is 24.9 Å². The molecule has 0 amide bonds. The van der Waals surface area contributed by atoms with E-state index in [-0.39, 0.29) is 16.8 Å². The van der Waals surface area contributed by atoms with E-state index in [0.717, 1.165) is 36.6 Å². The zero-order valence-electron chi connectivity index (χ0n) is 18.5. The van der Waals surface area contributed by atoms with Crippen molar-refractivity contribution in [3.63, 3.8) is 0 Å². The van der Waals surface area contributed by atoms with E-state index in [9.17, 15) is 13.2 Å². The number of fused-ring (bicyclic) bond motifs is 1. The van der Waals surface area contributed by atoms with Crippen LogP contribution >= 0.6 is 0 Å². The third-order valence-corrected chi connectivity index (χ3v) is 6.14. The summed E-state index contributed by atoms with van der Waals surface area (Å²) in [6.07, 6.45) is 0.0240. The quantitative estimate of drug-likeness (QED) is 0.597. The summed E-state index contributed by atoms with van der Waals surface area (Å²) in [5.74, 6) is 1.12. The van der Waals surface area contributed by atoms with E-state index >= 15 is 0 Å². The van der Waals surface area contributed by atoms with Gasteiger partial charge >= 0.3 is 6.18 Å². The molecule has 8 nitrogen and oxygen atoms in total. The van der Waals surface area contributed by atoms with Crippen LogP contribution in [0.5, 0.6) is 0 Å². The number of aryl methyl sites for hydroxylation is 1. The lowest BCUT2D eigenvalue weighted by Gasteiger charge is -2.48. The van der Waals surface area contributed by atoms with Gasteiger partial charge in [0, 0.05) is 43.9 Å². The van der Waals surface area contributed by atoms with Gasteiger partial charge in [-0.2, -0.15) is 23.3 Å². The number of alkyl halides is 3. The van der Waals surface area contributed by atoms with Crippen molar-refractivity contribution in [3.8, 4) is 0 Å². The normalized spacial score (nSPS) is 18.6. The smallest absolute Gasteiger partial charge is 0.355 e. The molecule has 0 aromatic carbocycles. The summed E-state index contributed by atoms with van der Waals surface area (Å²) >= 11 is 0. The van der Waals surface area contributed by atoms with Crippen LogP contribution < -0.4 is 9.80 Å². The molecule has 2 aliphatic rings. The molecule has 2 fully saturated rings. The highest BCUT2D eigenvalue weighted by Gasteiger charge is 2.49. The van der Waals surface area contributed by atoms with Crippen LogP contribution in [0, 0.1) is 12.3 Å². The van der Waals surface area contributed by atoms with Crippen LogP contribution in [-0.2, 0) is 11.7 Å². The maximum Gasteiger partial charge on any atom is 0.433 e. The van der Waals surface area contributed by atoms with E-state index in [2.05, 4.69) is 45.7 Å². The summed E-state index contributed by atoms with van der Waals surface area (Å²) < 4.78 is 41.3. The first-order chi connectivity index (χ1) is 14.9. The van der Waals surface area contributed by atoms with Crippen LogP contribution in [0.1, 0.15) is 38.7 Å². The lowest BCUT2D eigenvalue weighted by Crippen LogP contribution is -2.58. The highest BCUT2D eigenvalue weighted by atomic mass is 19.4. The van der Waals surface area contributed by atoms with Crippen molar-refractivity contribution in [3.05, 3.63) is 30.0 Å². The summed E-state index contributed by atoms with van der Waals surface area (Å²) in [7, 11) is 0. The lowest BCUT2D eigenvalue weighted by atomic mass is 9.79. The molecular formula is C21H25F3N8. The Morgan fingerprint density at radius 2 is 1.69 bits per heavy atom. The SMILES string of the molecule is Cc1nc(N2CC3(CCN(c4ncc5cnn(C(C)(C)C)c5n4)C3)C2)cc(C(F)(F)F)n1. The predicted molar refractivity (Wildman–Crippen MR) is 114 cm³/mol. The third-order valence-electron chi connectivity index (χ3n) is 6.14. The topological polar surface area (TPSA) is 75.9 Å². The van der Waals surface area contributed by atoms with Crippen LogP contribution in [0.25, 0.3) is 11.0 Å². The molecule has 0 atom stereocenters. The van der Waals surface area contributed by atoms with Crippen LogP contribution in [0.15, 0.2) is 18.5 Å². The molecule has 0 saturated carbocycles. The Morgan fingerprint density at radius 1 is 0.969 bits per heavy atom. The lowest BCUT2D eigenvalue weighted by molar-refractivity contribution is -0.141. The highest BCUT2D eigenvalue weighted by molar-refractivity contribution is 5.75. The molecule has 5 heterocycles. The van der Waals surface area contributed by atoms with Gasteiger partial charge in [0.05, 0.1) is 17.1 Å². The highest BCUT2D eigenvalue weighted by Crippen LogP contribution is 2.43. The van der Waals surface area contributed by atoms with E-state index in [1.54, 1.807) is 12.4 Å². The van der Waals surface area contributed by atoms with E-state index < -0.39 is 11.9 Å². The van der Waals surface area contributed by atoms with Crippen molar-refractivity contribution in [1.29, 1.82) is 0 Å². The van der Waals surface area contributed by atoms with Gasteiger partial charge in [-0.15, -0.1) is 0 Å². The van der Waals surface area contributed by atoms with Gasteiger partial charge in [0.25, 0.3) is 0 Å². The van der Waals surface area contributed by atoms with Gasteiger partial charge in [0.2, 0.25) is 5.95 Å². The molecule has 5 rings (SSSR count). The summed E-state index contributed by atoms with van der Waals surface area (Å²) in [4.78, 5) is 21.1. The van der Waals surface area contributed by atoms with E-state index in [1.807, 2.05) is 9.58 Å². The van der Waals surface area contributed by atoms with E-state index in [1.165, 1.54) is 6.92 Å². The fraction of sp³-hybridized carbons (Fsp3) is 0.571. The van der Waals surface area contributed by atoms with E-state index in [4.69, 9.17) is 4.98 Å². The third kappa shape index (κ3) is 3.53. The molecule has 2 aliphatic heterocycles. The van der Waals surface area contributed by atoms with Gasteiger partial charge in [-0.05, 0) is 34.1 Å². The van der Waals surface area contributed by atoms with Crippen molar-refractivity contribution < 1.29 is 13.2 Å². The zero-order valence-corrected chi connectivity index (χ0v) is 18.5. The summed E-state index contributed by atoms with van der Waals surface area (Å²) in [6, 6.07) is 1.04. The predicted octanol–water partition coefficient (Wildman–Crippen LogP) is 3.42. The molecule has 1 spiro atoms. The zero-order chi connectivity index (χ0) is 22.9. The fourth-order valence-corrected chi connectivity index (χ4v) is 4.60. The Kier molecular flexibility index (Phi) is 4.41. The van der Waals surface area contributed by atoms with Crippen LogP contribution in [0.4, 0.5) is 24.9 Å². The number of rotatable bonds is 2. The molecule has 11 heteroatoms. The van der Waals surface area contributed by atoms with Crippen molar-refractivity contribution in [1.82, 2.24) is 29.7 Å². The Morgan fingerprint density at radius 3 is 2.38 bits per heavy atom. The van der Waals surface area contributed by atoms with Gasteiger partial charge in [-0.3, -0.25) is 0 Å². The molecule has 2 saturated heterocycles. The first-order valence-electron chi connectivity index (χ1n) is 10.6. The van der Waals surface area contributed by atoms with Crippen LogP contribution in [-0.4, -0.2) is 55.9 Å². The maximum absolute atomic E-state index is 13.1. The Balaban J connectivity index is 1.33. The Labute approximate surface area is 183 Å². The van der Waals surface area contributed by atoms with Gasteiger partial charge in [0.15, 0.2) is 5.65 Å². The van der Waals surface area contributed by atoms with Gasteiger partial charge in [-0.25, -0.2) is 19.6 Å². The minimum atomic E-state index is -4.48. The second kappa shape index (κ2) is 6.76. The van der Waals surface area contributed by atoms with Crippen LogP contribution in [0.3, 0.4) is 0 Å². The summed E-state index contributed by atoms with van der Waals surface area (Å²) in [6.45, 7) is 10.6. The molecule has 0 aliphatic carbocycles. The monoisotopic (exact) mass is 446 g/mol. The number of hydrogen-bond donors (Lipinski definition) is 0. The van der Waals surface area contributed by atoms with Gasteiger partial charge in [-0.1, -0.05) is 0 Å². The molecule has 32 heavy (non-hydrogen) atoms. The first-order valence-corrected chi connectivity index (χ1v) is 10.6. The standard InChI is InChI=1S/C21H25F3N8/c1-13-27-15(21(22,23)24)7-16(28-13)31-11-20(12-31)5-6-30(10-20)18-25-8-14-9-26-32(17(14)29-18)19(2,3)4/h7-9H,5-6,10-12H2,1-4H3. The summed E-state index contributed by atoms with van der Waals surface area (Å²) in [5.41, 5.74) is -0.292. The minimum Gasteiger partial charge on any atom is -0.355 e. The van der Waals surface area contributed by atoms with Crippen molar-refractivity contribution >= 4 is 22.8 Å². The average molecular weight is 446 g/mol. The first kappa shape index (κ1) is 20.9. The van der Waals surface area contributed by atoms with Crippen LogP contribution in [0.2, 0.25) is 0 Å². The second-order valence-electron chi connectivity index (χ2n) is 9.86. The maximum atomic E-state index is 13.1. The fourth-order valence-electron chi connectivity index (χ4n) is 4.60. The van der Waals surface area contributed by atoms with Gasteiger partial charge in [0.1, 0.15) is 17.3 Å². The van der Waals surface area contributed by atoms with Crippen molar-refractivity contribution in [2.45, 2.75) is 45.8 Å². The molecule has 0 radical (unpaired) electrons. The average Bonchev–Trinajstić information content (AvgIpc) is 3.29. The minimum absolute atomic E-state index is 0.000160.